The van der Waals surface area contributed by atoms with Gasteiger partial charge in [-0.15, -0.1) is 24.8 Å². The second-order valence-electron chi connectivity index (χ2n) is 6.72. The smallest absolute Gasteiger partial charge is 0.188 e. The van der Waals surface area contributed by atoms with Crippen molar-refractivity contribution in [1.82, 2.24) is 14.9 Å². The minimum atomic E-state index is 0. The highest BCUT2D eigenvalue weighted by Crippen LogP contribution is 2.28. The van der Waals surface area contributed by atoms with Crippen molar-refractivity contribution in [3.8, 4) is 0 Å². The van der Waals surface area contributed by atoms with Gasteiger partial charge in [-0.2, -0.15) is 0 Å². The fourth-order valence-corrected chi connectivity index (χ4v) is 3.42. The number of hydrogen-bond donors (Lipinski definition) is 3. The zero-order valence-corrected chi connectivity index (χ0v) is 18.0. The molecule has 0 amide bonds. The van der Waals surface area contributed by atoms with Gasteiger partial charge in [-0.1, -0.05) is 60.7 Å². The first-order valence-corrected chi connectivity index (χ1v) is 9.40. The number of rotatable bonds is 9. The molecule has 1 heterocycles. The van der Waals surface area contributed by atoms with Crippen LogP contribution < -0.4 is 5.73 Å². The lowest BCUT2D eigenvalue weighted by atomic mass is 9.88. The first kappa shape index (κ1) is 24.5. The number of nitrogens with one attached hydrogen (secondary N) is 2. The van der Waals surface area contributed by atoms with E-state index in [9.17, 15) is 0 Å². The Morgan fingerprint density at radius 3 is 2.03 bits per heavy atom. The maximum atomic E-state index is 7.94. The van der Waals surface area contributed by atoms with Gasteiger partial charge in [-0.05, 0) is 30.4 Å². The van der Waals surface area contributed by atoms with Gasteiger partial charge < -0.3 is 15.6 Å². The molecule has 0 saturated carbocycles. The summed E-state index contributed by atoms with van der Waals surface area (Å²) in [5.41, 5.74) is 9.56. The van der Waals surface area contributed by atoms with E-state index in [2.05, 4.69) is 58.5 Å². The lowest BCUT2D eigenvalue weighted by molar-refractivity contribution is 0.387. The standard InChI is InChI=1S/C22H27N5.2ClH/c23-22(24)27(14-7-12-20-16-25-17-26-20)15-13-21(18-8-3-1-4-9-18)19-10-5-2-6-11-19;;/h1-6,8-11,16-17,21H,7,12-15H2,(H3,23,24)(H,25,26);2*1H. The van der Waals surface area contributed by atoms with Crippen LogP contribution in [0.4, 0.5) is 0 Å². The quantitative estimate of drug-likeness (QED) is 0.340. The Hall–Kier alpha value is -2.50. The van der Waals surface area contributed by atoms with Crippen molar-refractivity contribution in [1.29, 1.82) is 5.41 Å². The molecule has 1 aromatic heterocycles. The van der Waals surface area contributed by atoms with Gasteiger partial charge in [0.05, 0.1) is 6.33 Å². The van der Waals surface area contributed by atoms with Gasteiger partial charge in [0.25, 0.3) is 0 Å². The zero-order valence-electron chi connectivity index (χ0n) is 16.3. The minimum Gasteiger partial charge on any atom is -0.370 e. The van der Waals surface area contributed by atoms with Crippen LogP contribution >= 0.6 is 24.8 Å². The molecule has 0 aliphatic rings. The molecule has 7 heteroatoms. The van der Waals surface area contributed by atoms with Gasteiger partial charge >= 0.3 is 0 Å². The van der Waals surface area contributed by atoms with Crippen molar-refractivity contribution in [3.63, 3.8) is 0 Å². The molecule has 2 aromatic carbocycles. The minimum absolute atomic E-state index is 0. The number of H-pyrrole nitrogens is 1. The Kier molecular flexibility index (Phi) is 10.9. The third-order valence-electron chi connectivity index (χ3n) is 4.86. The van der Waals surface area contributed by atoms with Crippen LogP contribution in [0.3, 0.4) is 0 Å². The summed E-state index contributed by atoms with van der Waals surface area (Å²) in [5.74, 6) is 0.432. The summed E-state index contributed by atoms with van der Waals surface area (Å²) in [6.07, 6.45) is 6.30. The van der Waals surface area contributed by atoms with Crippen molar-refractivity contribution >= 4 is 30.8 Å². The van der Waals surface area contributed by atoms with E-state index < -0.39 is 0 Å². The number of aromatic nitrogens is 2. The maximum Gasteiger partial charge on any atom is 0.188 e. The maximum absolute atomic E-state index is 7.94. The molecule has 0 unspecified atom stereocenters. The third-order valence-corrected chi connectivity index (χ3v) is 4.86. The lowest BCUT2D eigenvalue weighted by Gasteiger charge is -2.26. The Morgan fingerprint density at radius 1 is 0.966 bits per heavy atom. The highest BCUT2D eigenvalue weighted by Gasteiger charge is 2.16. The summed E-state index contributed by atoms with van der Waals surface area (Å²) >= 11 is 0. The number of benzene rings is 2. The summed E-state index contributed by atoms with van der Waals surface area (Å²) in [4.78, 5) is 9.13. The molecule has 0 aliphatic carbocycles. The van der Waals surface area contributed by atoms with E-state index in [4.69, 9.17) is 11.1 Å². The molecule has 3 rings (SSSR count). The molecular formula is C22H29Cl2N5. The highest BCUT2D eigenvalue weighted by atomic mass is 35.5. The summed E-state index contributed by atoms with van der Waals surface area (Å²) < 4.78 is 0. The van der Waals surface area contributed by atoms with Gasteiger partial charge in [0, 0.05) is 30.9 Å². The average Bonchev–Trinajstić information content (AvgIpc) is 3.22. The van der Waals surface area contributed by atoms with Gasteiger partial charge in [-0.3, -0.25) is 5.41 Å². The van der Waals surface area contributed by atoms with Gasteiger partial charge in [0.15, 0.2) is 5.96 Å². The monoisotopic (exact) mass is 433 g/mol. The van der Waals surface area contributed by atoms with Crippen LogP contribution in [0.15, 0.2) is 73.2 Å². The van der Waals surface area contributed by atoms with E-state index in [1.807, 2.05) is 23.2 Å². The average molecular weight is 434 g/mol. The molecule has 0 atom stereocenters. The van der Waals surface area contributed by atoms with Crippen LogP contribution in [-0.2, 0) is 6.42 Å². The second-order valence-corrected chi connectivity index (χ2v) is 6.72. The normalized spacial score (nSPS) is 10.1. The SMILES string of the molecule is Cl.Cl.N=C(N)N(CCCc1cnc[nH]1)CCC(c1ccccc1)c1ccccc1. The van der Waals surface area contributed by atoms with E-state index in [-0.39, 0.29) is 30.8 Å². The molecule has 0 saturated heterocycles. The van der Waals surface area contributed by atoms with E-state index >= 15 is 0 Å². The summed E-state index contributed by atoms with van der Waals surface area (Å²) in [7, 11) is 0. The van der Waals surface area contributed by atoms with E-state index in [1.165, 1.54) is 11.1 Å². The summed E-state index contributed by atoms with van der Waals surface area (Å²) in [6.45, 7) is 1.53. The first-order chi connectivity index (χ1) is 13.2. The number of hydrogen-bond acceptors (Lipinski definition) is 2. The molecule has 0 aliphatic heterocycles. The molecule has 29 heavy (non-hydrogen) atoms. The van der Waals surface area contributed by atoms with Gasteiger partial charge in [-0.25, -0.2) is 4.98 Å². The van der Waals surface area contributed by atoms with Crippen molar-refractivity contribution in [2.45, 2.75) is 25.2 Å². The Balaban J connectivity index is 0.00000210. The van der Waals surface area contributed by atoms with Crippen molar-refractivity contribution in [3.05, 3.63) is 90.0 Å². The van der Waals surface area contributed by atoms with Crippen LogP contribution in [0, 0.1) is 5.41 Å². The number of halogens is 2. The number of guanidine groups is 1. The molecule has 0 spiro atoms. The fraction of sp³-hybridized carbons (Fsp3) is 0.273. The van der Waals surface area contributed by atoms with E-state index in [0.29, 0.717) is 5.92 Å². The molecule has 4 N–H and O–H groups in total. The Bertz CT molecular complexity index is 770. The third kappa shape index (κ3) is 7.44. The molecular weight excluding hydrogens is 405 g/mol. The van der Waals surface area contributed by atoms with Crippen LogP contribution in [0.1, 0.15) is 35.6 Å². The molecule has 156 valence electrons. The Labute approximate surface area is 185 Å². The number of imidazole rings is 1. The van der Waals surface area contributed by atoms with Crippen molar-refractivity contribution < 1.29 is 0 Å². The summed E-state index contributed by atoms with van der Waals surface area (Å²) in [5, 5.41) is 7.94. The number of nitrogens with zero attached hydrogens (tertiary/aromatic N) is 2. The lowest BCUT2D eigenvalue weighted by Crippen LogP contribution is -2.38. The van der Waals surface area contributed by atoms with Crippen LogP contribution in [-0.4, -0.2) is 33.9 Å². The largest absolute Gasteiger partial charge is 0.370 e. The number of aryl methyl sites for hydroxylation is 1. The van der Waals surface area contributed by atoms with Gasteiger partial charge in [0.2, 0.25) is 0 Å². The predicted molar refractivity (Wildman–Crippen MR) is 124 cm³/mol. The zero-order chi connectivity index (χ0) is 18.9. The van der Waals surface area contributed by atoms with Crippen LogP contribution in [0.2, 0.25) is 0 Å². The first-order valence-electron chi connectivity index (χ1n) is 9.40. The molecule has 0 radical (unpaired) electrons. The molecule has 5 nitrogen and oxygen atoms in total. The number of nitrogens with two attached hydrogens (primary N) is 1. The van der Waals surface area contributed by atoms with Crippen molar-refractivity contribution in [2.24, 2.45) is 5.73 Å². The molecule has 0 fully saturated rings. The Morgan fingerprint density at radius 2 is 1.55 bits per heavy atom. The molecule has 3 aromatic rings. The molecule has 0 bridgehead atoms. The van der Waals surface area contributed by atoms with Crippen LogP contribution in [0.5, 0.6) is 0 Å². The predicted octanol–water partition coefficient (Wildman–Crippen LogP) is 4.60. The fourth-order valence-electron chi connectivity index (χ4n) is 3.42. The van der Waals surface area contributed by atoms with Crippen molar-refractivity contribution in [2.75, 3.05) is 13.1 Å². The van der Waals surface area contributed by atoms with E-state index in [1.54, 1.807) is 6.33 Å². The second kappa shape index (κ2) is 12.9. The van der Waals surface area contributed by atoms with Crippen LogP contribution in [0.25, 0.3) is 0 Å². The topological polar surface area (TPSA) is 81.8 Å². The van der Waals surface area contributed by atoms with Gasteiger partial charge in [0.1, 0.15) is 0 Å². The van der Waals surface area contributed by atoms with E-state index in [0.717, 1.165) is 38.0 Å². The number of aromatic amines is 1. The highest BCUT2D eigenvalue weighted by molar-refractivity contribution is 5.85. The summed E-state index contributed by atoms with van der Waals surface area (Å²) in [6, 6.07) is 21.1.